The summed E-state index contributed by atoms with van der Waals surface area (Å²) in [6.45, 7) is 2.43. The molecule has 1 aliphatic rings. The molecule has 1 atom stereocenters. The van der Waals surface area contributed by atoms with Gasteiger partial charge in [0.15, 0.2) is 0 Å². The van der Waals surface area contributed by atoms with E-state index in [0.717, 1.165) is 22.9 Å². The van der Waals surface area contributed by atoms with Gasteiger partial charge in [-0.15, -0.1) is 0 Å². The summed E-state index contributed by atoms with van der Waals surface area (Å²) >= 11 is 3.39. The molecule has 0 aliphatic carbocycles. The average Bonchev–Trinajstić information content (AvgIpc) is 2.41. The lowest BCUT2D eigenvalue weighted by Crippen LogP contribution is -2.48. The van der Waals surface area contributed by atoms with E-state index in [2.05, 4.69) is 15.9 Å². The number of hydrogen-bond acceptors (Lipinski definition) is 2. The van der Waals surface area contributed by atoms with Crippen LogP contribution in [0.25, 0.3) is 0 Å². The van der Waals surface area contributed by atoms with Gasteiger partial charge in [-0.05, 0) is 49.9 Å². The number of halogens is 1. The van der Waals surface area contributed by atoms with Crippen LogP contribution in [0.3, 0.4) is 0 Å². The number of piperidine rings is 1. The van der Waals surface area contributed by atoms with Crippen molar-refractivity contribution in [2.75, 3.05) is 6.54 Å². The molecule has 19 heavy (non-hydrogen) atoms. The SMILES string of the molecule is Cc1cc(C(=O)N2CCCC[C@@H]2C(=O)O)ccc1Br. The number of amides is 1. The Morgan fingerprint density at radius 1 is 1.37 bits per heavy atom. The number of carbonyl (C=O) groups excluding carboxylic acids is 1. The highest BCUT2D eigenvalue weighted by atomic mass is 79.9. The lowest BCUT2D eigenvalue weighted by molar-refractivity contribution is -0.143. The molecule has 1 N–H and O–H groups in total. The monoisotopic (exact) mass is 325 g/mol. The van der Waals surface area contributed by atoms with Gasteiger partial charge in [-0.25, -0.2) is 4.79 Å². The Morgan fingerprint density at radius 2 is 2.11 bits per heavy atom. The van der Waals surface area contributed by atoms with E-state index in [0.29, 0.717) is 18.5 Å². The second-order valence-corrected chi connectivity index (χ2v) is 5.67. The molecule has 2 rings (SSSR count). The topological polar surface area (TPSA) is 57.6 Å². The van der Waals surface area contributed by atoms with Crippen molar-refractivity contribution >= 4 is 27.8 Å². The molecule has 1 aromatic carbocycles. The third kappa shape index (κ3) is 2.97. The fourth-order valence-electron chi connectivity index (χ4n) is 2.37. The molecule has 0 bridgehead atoms. The predicted octanol–water partition coefficient (Wildman–Crippen LogP) is 2.84. The summed E-state index contributed by atoms with van der Waals surface area (Å²) in [5, 5.41) is 9.20. The first-order valence-electron chi connectivity index (χ1n) is 6.30. The first-order chi connectivity index (χ1) is 9.00. The Balaban J connectivity index is 2.26. The molecule has 5 heteroatoms. The Kier molecular flexibility index (Phi) is 4.24. The predicted molar refractivity (Wildman–Crippen MR) is 75.2 cm³/mol. The molecule has 0 unspecified atom stereocenters. The molecule has 0 aromatic heterocycles. The van der Waals surface area contributed by atoms with Crippen molar-refractivity contribution in [3.05, 3.63) is 33.8 Å². The molecule has 1 aliphatic heterocycles. The summed E-state index contributed by atoms with van der Waals surface area (Å²) in [5.41, 5.74) is 1.52. The Bertz CT molecular complexity index is 515. The minimum atomic E-state index is -0.915. The van der Waals surface area contributed by atoms with Gasteiger partial charge in [-0.3, -0.25) is 4.79 Å². The largest absolute Gasteiger partial charge is 0.480 e. The number of aliphatic carboxylic acids is 1. The standard InChI is InChI=1S/C14H16BrNO3/c1-9-8-10(5-6-11(9)15)13(17)16-7-3-2-4-12(16)14(18)19/h5-6,8,12H,2-4,7H2,1H3,(H,18,19)/t12-/m1/s1. The van der Waals surface area contributed by atoms with Gasteiger partial charge in [-0.2, -0.15) is 0 Å². The summed E-state index contributed by atoms with van der Waals surface area (Å²) in [6, 6.07) is 4.65. The van der Waals surface area contributed by atoms with Crippen LogP contribution in [0.5, 0.6) is 0 Å². The number of nitrogens with zero attached hydrogens (tertiary/aromatic N) is 1. The van der Waals surface area contributed by atoms with Gasteiger partial charge in [0, 0.05) is 16.6 Å². The van der Waals surface area contributed by atoms with E-state index < -0.39 is 12.0 Å². The van der Waals surface area contributed by atoms with Crippen LogP contribution >= 0.6 is 15.9 Å². The highest BCUT2D eigenvalue weighted by Gasteiger charge is 2.32. The van der Waals surface area contributed by atoms with Gasteiger partial charge in [0.1, 0.15) is 6.04 Å². The van der Waals surface area contributed by atoms with Crippen molar-refractivity contribution in [2.24, 2.45) is 0 Å². The lowest BCUT2D eigenvalue weighted by atomic mass is 10.0. The van der Waals surface area contributed by atoms with Crippen LogP contribution in [0.15, 0.2) is 22.7 Å². The van der Waals surface area contributed by atoms with Gasteiger partial charge in [0.05, 0.1) is 0 Å². The van der Waals surface area contributed by atoms with E-state index in [-0.39, 0.29) is 5.91 Å². The number of carboxylic acid groups (broad SMARTS) is 1. The molecule has 1 fully saturated rings. The van der Waals surface area contributed by atoms with Crippen LogP contribution in [0.1, 0.15) is 35.2 Å². The molecular weight excluding hydrogens is 310 g/mol. The summed E-state index contributed by atoms with van der Waals surface area (Å²) in [6.07, 6.45) is 2.27. The highest BCUT2D eigenvalue weighted by Crippen LogP contribution is 2.22. The molecule has 1 aromatic rings. The Hall–Kier alpha value is -1.36. The lowest BCUT2D eigenvalue weighted by Gasteiger charge is -2.33. The van der Waals surface area contributed by atoms with Gasteiger partial charge in [0.25, 0.3) is 5.91 Å². The molecule has 0 spiro atoms. The van der Waals surface area contributed by atoms with Gasteiger partial charge < -0.3 is 10.0 Å². The molecule has 0 saturated carbocycles. The summed E-state index contributed by atoms with van der Waals surface area (Å²) < 4.78 is 0.942. The van der Waals surface area contributed by atoms with Crippen molar-refractivity contribution < 1.29 is 14.7 Å². The number of aryl methyl sites for hydroxylation is 1. The van der Waals surface area contributed by atoms with Crippen LogP contribution in [0.4, 0.5) is 0 Å². The third-order valence-electron chi connectivity index (χ3n) is 3.45. The van der Waals surface area contributed by atoms with Gasteiger partial charge in [-0.1, -0.05) is 15.9 Å². The molecule has 1 saturated heterocycles. The maximum atomic E-state index is 12.4. The smallest absolute Gasteiger partial charge is 0.326 e. The van der Waals surface area contributed by atoms with Crippen LogP contribution in [-0.4, -0.2) is 34.5 Å². The minimum Gasteiger partial charge on any atom is -0.480 e. The number of hydrogen-bond donors (Lipinski definition) is 1. The summed E-state index contributed by atoms with van der Waals surface area (Å²) in [4.78, 5) is 25.1. The number of carboxylic acids is 1. The van der Waals surface area contributed by atoms with E-state index in [1.807, 2.05) is 13.0 Å². The number of carbonyl (C=O) groups is 2. The van der Waals surface area contributed by atoms with Crippen molar-refractivity contribution in [3.8, 4) is 0 Å². The fraction of sp³-hybridized carbons (Fsp3) is 0.429. The highest BCUT2D eigenvalue weighted by molar-refractivity contribution is 9.10. The first kappa shape index (κ1) is 14.1. The Labute approximate surface area is 120 Å². The minimum absolute atomic E-state index is 0.192. The fourth-order valence-corrected chi connectivity index (χ4v) is 2.62. The maximum absolute atomic E-state index is 12.4. The Morgan fingerprint density at radius 3 is 2.74 bits per heavy atom. The average molecular weight is 326 g/mol. The van der Waals surface area contributed by atoms with E-state index in [1.54, 1.807) is 12.1 Å². The second kappa shape index (κ2) is 5.74. The van der Waals surface area contributed by atoms with E-state index in [4.69, 9.17) is 0 Å². The van der Waals surface area contributed by atoms with Crippen molar-refractivity contribution in [2.45, 2.75) is 32.2 Å². The second-order valence-electron chi connectivity index (χ2n) is 4.81. The van der Waals surface area contributed by atoms with Gasteiger partial charge >= 0.3 is 5.97 Å². The van der Waals surface area contributed by atoms with Gasteiger partial charge in [0.2, 0.25) is 0 Å². The van der Waals surface area contributed by atoms with E-state index >= 15 is 0 Å². The molecular formula is C14H16BrNO3. The van der Waals surface area contributed by atoms with Crippen LogP contribution in [0, 0.1) is 6.92 Å². The zero-order valence-corrected chi connectivity index (χ0v) is 12.3. The molecule has 0 radical (unpaired) electrons. The van der Waals surface area contributed by atoms with Crippen LogP contribution in [0.2, 0.25) is 0 Å². The number of benzene rings is 1. The van der Waals surface area contributed by atoms with Crippen molar-refractivity contribution in [3.63, 3.8) is 0 Å². The molecule has 1 amide bonds. The first-order valence-corrected chi connectivity index (χ1v) is 7.10. The zero-order valence-electron chi connectivity index (χ0n) is 10.7. The van der Waals surface area contributed by atoms with Crippen LogP contribution < -0.4 is 0 Å². The molecule has 4 nitrogen and oxygen atoms in total. The summed E-state index contributed by atoms with van der Waals surface area (Å²) in [5.74, 6) is -1.11. The van der Waals surface area contributed by atoms with E-state index in [9.17, 15) is 14.7 Å². The zero-order chi connectivity index (χ0) is 14.0. The normalized spacial score (nSPS) is 19.3. The number of rotatable bonds is 2. The third-order valence-corrected chi connectivity index (χ3v) is 4.34. The van der Waals surface area contributed by atoms with Crippen LogP contribution in [-0.2, 0) is 4.79 Å². The summed E-state index contributed by atoms with van der Waals surface area (Å²) in [7, 11) is 0. The quantitative estimate of drug-likeness (QED) is 0.909. The van der Waals surface area contributed by atoms with E-state index in [1.165, 1.54) is 4.90 Å². The molecule has 1 heterocycles. The number of likely N-dealkylation sites (tertiary alicyclic amines) is 1. The van der Waals surface area contributed by atoms with Crippen molar-refractivity contribution in [1.29, 1.82) is 0 Å². The maximum Gasteiger partial charge on any atom is 0.326 e. The molecule has 102 valence electrons. The van der Waals surface area contributed by atoms with Crippen molar-refractivity contribution in [1.82, 2.24) is 4.90 Å².